The molecule has 0 radical (unpaired) electrons. The van der Waals surface area contributed by atoms with E-state index in [1.54, 1.807) is 0 Å². The molecule has 17 heavy (non-hydrogen) atoms. The molecule has 5 heteroatoms. The molecule has 2 aromatic carbocycles. The largest absolute Gasteiger partial charge is 2.00 e. The van der Waals surface area contributed by atoms with Gasteiger partial charge in [-0.25, -0.2) is 0 Å². The molecule has 0 aromatic heterocycles. The fourth-order valence-corrected chi connectivity index (χ4v) is 1.26. The van der Waals surface area contributed by atoms with Crippen molar-refractivity contribution < 1.29 is 33.8 Å². The molecule has 0 spiro atoms. The van der Waals surface area contributed by atoms with Crippen LogP contribution in [0.4, 0.5) is 0 Å². The molecule has 0 aliphatic heterocycles. The molecule has 0 unspecified atom stereocenters. The second kappa shape index (κ2) is 9.15. The average molecular weight is 299 g/mol. The predicted octanol–water partition coefficient (Wildman–Crippen LogP) is 1.72. The summed E-state index contributed by atoms with van der Waals surface area (Å²) < 4.78 is 8.48. The molecule has 0 saturated heterocycles. The third-order valence-corrected chi connectivity index (χ3v) is 1.88. The van der Waals surface area contributed by atoms with Crippen LogP contribution in [0.5, 0.6) is 0 Å². The van der Waals surface area contributed by atoms with Crippen LogP contribution >= 0.6 is 8.25 Å². The maximum Gasteiger partial charge on any atom is 2.00 e. The molecule has 0 atom stereocenters. The number of hydrogen-bond acceptors (Lipinski definition) is 3. The topological polar surface area (TPSA) is 63.2 Å². The van der Waals surface area contributed by atoms with Crippen molar-refractivity contribution in [2.45, 2.75) is 0 Å². The zero-order valence-corrected chi connectivity index (χ0v) is 13.0. The first kappa shape index (κ1) is 16.1. The molecule has 0 aliphatic carbocycles. The van der Waals surface area contributed by atoms with E-state index < -0.39 is 8.25 Å². The molecule has 0 fully saturated rings. The fraction of sp³-hybridized carbons (Fsp3) is 0. The minimum Gasteiger partial charge on any atom is -0.598 e. The summed E-state index contributed by atoms with van der Waals surface area (Å²) in [4.78, 5) is 17.0. The number of hydrogen-bond donors (Lipinski definition) is 0. The summed E-state index contributed by atoms with van der Waals surface area (Å²) in [7, 11) is -3.37. The van der Waals surface area contributed by atoms with Gasteiger partial charge in [-0.15, -0.1) is 0 Å². The summed E-state index contributed by atoms with van der Waals surface area (Å²) in [5.74, 6) is 0. The van der Waals surface area contributed by atoms with Gasteiger partial charge < -0.3 is 9.79 Å². The Labute approximate surface area is 114 Å². The van der Waals surface area contributed by atoms with E-state index in [4.69, 9.17) is 14.4 Å². The smallest absolute Gasteiger partial charge is 0.598 e. The summed E-state index contributed by atoms with van der Waals surface area (Å²) in [6.07, 6.45) is 0. The van der Waals surface area contributed by atoms with Crippen LogP contribution in [-0.2, 0) is 24.0 Å². The summed E-state index contributed by atoms with van der Waals surface area (Å²) in [6, 6.07) is 20.8. The Hall–Kier alpha value is -0.917. The molecular formula is C12H10O3PZn+. The Kier molecular flexibility index (Phi) is 8.66. The van der Waals surface area contributed by atoms with E-state index in [0.29, 0.717) is 0 Å². The predicted molar refractivity (Wildman–Crippen MR) is 59.5 cm³/mol. The summed E-state index contributed by atoms with van der Waals surface area (Å²) in [5.41, 5.74) is 2.55. The van der Waals surface area contributed by atoms with Gasteiger partial charge in [-0.2, -0.15) is 0 Å². The molecule has 0 amide bonds. The van der Waals surface area contributed by atoms with Crippen LogP contribution in [0.1, 0.15) is 0 Å². The maximum atomic E-state index is 8.48. The summed E-state index contributed by atoms with van der Waals surface area (Å²) in [5, 5.41) is 0. The van der Waals surface area contributed by atoms with Crippen molar-refractivity contribution in [3.8, 4) is 11.1 Å². The van der Waals surface area contributed by atoms with E-state index >= 15 is 0 Å². The normalized spacial score (nSPS) is 8.35. The summed E-state index contributed by atoms with van der Waals surface area (Å²) in [6.45, 7) is 0. The third-order valence-electron chi connectivity index (χ3n) is 1.88. The Morgan fingerprint density at radius 3 is 1.18 bits per heavy atom. The van der Waals surface area contributed by atoms with Crippen LogP contribution < -0.4 is 9.79 Å². The fourth-order valence-electron chi connectivity index (χ4n) is 1.26. The molecule has 0 saturated carbocycles. The number of rotatable bonds is 1. The first-order valence-electron chi connectivity index (χ1n) is 4.62. The minimum absolute atomic E-state index is 0. The SMILES string of the molecule is O=[P+]([O-])[O-].[Zn+2].c1ccc(-c2ccccc2)cc1. The van der Waals surface area contributed by atoms with Crippen molar-refractivity contribution in [2.75, 3.05) is 0 Å². The zero-order valence-electron chi connectivity index (χ0n) is 9.15. The van der Waals surface area contributed by atoms with Gasteiger partial charge in [0.15, 0.2) is 0 Å². The van der Waals surface area contributed by atoms with Crippen molar-refractivity contribution in [2.24, 2.45) is 0 Å². The van der Waals surface area contributed by atoms with Crippen molar-refractivity contribution in [1.29, 1.82) is 0 Å². The Morgan fingerprint density at radius 2 is 0.941 bits per heavy atom. The third kappa shape index (κ3) is 7.09. The summed E-state index contributed by atoms with van der Waals surface area (Å²) >= 11 is 0. The van der Waals surface area contributed by atoms with Crippen molar-refractivity contribution in [1.82, 2.24) is 0 Å². The standard InChI is InChI=1S/C12H10.HO3P.Zn/c1-3-7-11(8-4-1)12-9-5-2-6-10-12;1-4(2)3;/h1-10H;(H,1,2,3);/q;;+2/p-1. The average Bonchev–Trinajstić information content (AvgIpc) is 2.31. The quantitative estimate of drug-likeness (QED) is 0.595. The van der Waals surface area contributed by atoms with Crippen LogP contribution in [-0.4, -0.2) is 0 Å². The Morgan fingerprint density at radius 1 is 0.706 bits per heavy atom. The van der Waals surface area contributed by atoms with Gasteiger partial charge in [0.05, 0.1) is 0 Å². The van der Waals surface area contributed by atoms with Gasteiger partial charge in [0.25, 0.3) is 8.25 Å². The van der Waals surface area contributed by atoms with E-state index in [9.17, 15) is 0 Å². The molecular weight excluding hydrogens is 288 g/mol. The van der Waals surface area contributed by atoms with Gasteiger partial charge in [0.2, 0.25) is 0 Å². The van der Waals surface area contributed by atoms with E-state index in [-0.39, 0.29) is 19.5 Å². The van der Waals surface area contributed by atoms with Crippen molar-refractivity contribution in [3.63, 3.8) is 0 Å². The van der Waals surface area contributed by atoms with E-state index in [1.807, 2.05) is 12.1 Å². The Balaban J connectivity index is 0.000000453. The van der Waals surface area contributed by atoms with Crippen LogP contribution in [0.25, 0.3) is 11.1 Å². The second-order valence-electron chi connectivity index (χ2n) is 2.96. The molecule has 0 aliphatic rings. The molecule has 0 N–H and O–H groups in total. The molecule has 82 valence electrons. The van der Waals surface area contributed by atoms with E-state index in [1.165, 1.54) is 11.1 Å². The zero-order chi connectivity index (χ0) is 11.8. The van der Waals surface area contributed by atoms with Crippen LogP contribution in [0.3, 0.4) is 0 Å². The molecule has 0 bridgehead atoms. The number of benzene rings is 2. The molecule has 2 rings (SSSR count). The second-order valence-corrected chi connectivity index (χ2v) is 3.40. The van der Waals surface area contributed by atoms with Crippen LogP contribution in [0.2, 0.25) is 0 Å². The maximum absolute atomic E-state index is 8.48. The first-order valence-corrected chi connectivity index (χ1v) is 5.71. The van der Waals surface area contributed by atoms with Gasteiger partial charge in [0, 0.05) is 0 Å². The van der Waals surface area contributed by atoms with E-state index in [0.717, 1.165) is 0 Å². The van der Waals surface area contributed by atoms with Crippen molar-refractivity contribution >= 4 is 8.25 Å². The molecule has 0 heterocycles. The van der Waals surface area contributed by atoms with Crippen LogP contribution in [0.15, 0.2) is 60.7 Å². The van der Waals surface area contributed by atoms with Gasteiger partial charge in [-0.3, -0.25) is 0 Å². The monoisotopic (exact) mass is 297 g/mol. The Bertz CT molecular complexity index is 393. The van der Waals surface area contributed by atoms with Gasteiger partial charge in [-0.05, 0) is 11.1 Å². The van der Waals surface area contributed by atoms with Gasteiger partial charge in [0.1, 0.15) is 0 Å². The van der Waals surface area contributed by atoms with Gasteiger partial charge in [-0.1, -0.05) is 65.2 Å². The minimum atomic E-state index is -3.37. The van der Waals surface area contributed by atoms with Gasteiger partial charge >= 0.3 is 19.5 Å². The first-order chi connectivity index (χ1) is 7.70. The molecule has 2 aromatic rings. The van der Waals surface area contributed by atoms with E-state index in [2.05, 4.69) is 48.5 Å². The molecule has 3 nitrogen and oxygen atoms in total. The van der Waals surface area contributed by atoms with Crippen LogP contribution in [0, 0.1) is 0 Å². The van der Waals surface area contributed by atoms with Crippen molar-refractivity contribution in [3.05, 3.63) is 60.7 Å².